The molecular formula is C51H92O5. The van der Waals surface area contributed by atoms with Crippen LogP contribution in [0.15, 0.2) is 48.6 Å². The summed E-state index contributed by atoms with van der Waals surface area (Å²) in [6.45, 7) is 7.73. The fraction of sp³-hybridized carbons (Fsp3) is 0.804. The summed E-state index contributed by atoms with van der Waals surface area (Å²) in [7, 11) is 0. The topological polar surface area (TPSA) is 61.8 Å². The number of allylic oxidation sites excluding steroid dienone is 8. The van der Waals surface area contributed by atoms with Gasteiger partial charge in [0, 0.05) is 19.4 Å². The molecule has 0 bridgehead atoms. The highest BCUT2D eigenvalue weighted by Gasteiger charge is 2.17. The van der Waals surface area contributed by atoms with Crippen molar-refractivity contribution in [2.45, 2.75) is 245 Å². The van der Waals surface area contributed by atoms with E-state index >= 15 is 0 Å². The Morgan fingerprint density at radius 1 is 0.393 bits per heavy atom. The van der Waals surface area contributed by atoms with Crippen molar-refractivity contribution in [2.24, 2.45) is 0 Å². The number of unbranched alkanes of at least 4 members (excludes halogenated alkanes) is 25. The van der Waals surface area contributed by atoms with Crippen molar-refractivity contribution in [3.8, 4) is 0 Å². The summed E-state index contributed by atoms with van der Waals surface area (Å²) < 4.78 is 17.3. The normalized spacial score (nSPS) is 12.6. The summed E-state index contributed by atoms with van der Waals surface area (Å²) >= 11 is 0. The molecule has 326 valence electrons. The zero-order valence-corrected chi connectivity index (χ0v) is 37.4. The molecule has 0 aromatic rings. The van der Waals surface area contributed by atoms with Crippen molar-refractivity contribution in [1.29, 1.82) is 0 Å². The number of hydrogen-bond donors (Lipinski definition) is 0. The molecule has 0 N–H and O–H groups in total. The fourth-order valence-corrected chi connectivity index (χ4v) is 6.69. The third-order valence-electron chi connectivity index (χ3n) is 10.3. The number of ether oxygens (including phenoxy) is 3. The molecule has 0 radical (unpaired) electrons. The molecule has 0 amide bonds. The Morgan fingerprint density at radius 2 is 0.786 bits per heavy atom. The third kappa shape index (κ3) is 44.6. The van der Waals surface area contributed by atoms with Gasteiger partial charge in [0.25, 0.3) is 0 Å². The van der Waals surface area contributed by atoms with Crippen LogP contribution in [0.4, 0.5) is 0 Å². The molecule has 56 heavy (non-hydrogen) atoms. The Bertz CT molecular complexity index is 935. The molecule has 0 aromatic heterocycles. The van der Waals surface area contributed by atoms with Gasteiger partial charge in [-0.25, -0.2) is 0 Å². The number of carbonyl (C=O) groups excluding carboxylic acids is 2. The van der Waals surface area contributed by atoms with E-state index in [1.807, 2.05) is 0 Å². The van der Waals surface area contributed by atoms with Crippen LogP contribution < -0.4 is 0 Å². The maximum atomic E-state index is 12.7. The second-order valence-corrected chi connectivity index (χ2v) is 16.0. The summed E-state index contributed by atoms with van der Waals surface area (Å²) in [5.41, 5.74) is 0. The number of hydrogen-bond acceptors (Lipinski definition) is 5. The molecule has 0 fully saturated rings. The van der Waals surface area contributed by atoms with E-state index in [1.54, 1.807) is 0 Å². The van der Waals surface area contributed by atoms with E-state index in [4.69, 9.17) is 14.2 Å². The van der Waals surface area contributed by atoms with Crippen LogP contribution in [0.5, 0.6) is 0 Å². The molecule has 0 heterocycles. The van der Waals surface area contributed by atoms with Crippen LogP contribution in [0.1, 0.15) is 239 Å². The van der Waals surface area contributed by atoms with Crippen molar-refractivity contribution >= 4 is 11.9 Å². The summed E-state index contributed by atoms with van der Waals surface area (Å²) in [6, 6.07) is 0. The van der Waals surface area contributed by atoms with E-state index in [1.165, 1.54) is 128 Å². The van der Waals surface area contributed by atoms with E-state index in [0.29, 0.717) is 19.4 Å². The molecule has 0 saturated carbocycles. The van der Waals surface area contributed by atoms with Gasteiger partial charge in [-0.1, -0.05) is 198 Å². The standard InChI is InChI=1S/C51H92O5/c1-4-7-10-13-16-19-22-25-26-28-29-32-35-38-41-44-50(52)55-48-49(47-54-46-43-40-37-34-31-24-21-18-15-12-9-6-3)56-51(53)45-42-39-36-33-30-27-23-20-17-14-11-8-5-2/h11,14,16,19-20,23,25-26,49H,4-10,12-13,15,17-18,21-22,24,27-48H2,1-3H3/b14-11-,19-16-,23-20-,26-25-. The molecule has 0 spiro atoms. The van der Waals surface area contributed by atoms with E-state index in [-0.39, 0.29) is 25.2 Å². The van der Waals surface area contributed by atoms with Crippen LogP contribution in [-0.4, -0.2) is 37.9 Å². The zero-order chi connectivity index (χ0) is 40.7. The molecule has 5 nitrogen and oxygen atoms in total. The highest BCUT2D eigenvalue weighted by atomic mass is 16.6. The lowest BCUT2D eigenvalue weighted by molar-refractivity contribution is -0.163. The summed E-state index contributed by atoms with van der Waals surface area (Å²) in [5, 5.41) is 0. The lowest BCUT2D eigenvalue weighted by Gasteiger charge is -2.18. The molecule has 1 unspecified atom stereocenters. The van der Waals surface area contributed by atoms with E-state index in [9.17, 15) is 9.59 Å². The molecule has 0 aliphatic carbocycles. The van der Waals surface area contributed by atoms with Crippen molar-refractivity contribution in [2.75, 3.05) is 19.8 Å². The average molecular weight is 785 g/mol. The van der Waals surface area contributed by atoms with Gasteiger partial charge in [-0.2, -0.15) is 0 Å². The van der Waals surface area contributed by atoms with Gasteiger partial charge in [0.15, 0.2) is 6.10 Å². The molecule has 0 aliphatic heterocycles. The minimum atomic E-state index is -0.544. The monoisotopic (exact) mass is 785 g/mol. The Kier molecular flexibility index (Phi) is 45.4. The van der Waals surface area contributed by atoms with Crippen LogP contribution in [-0.2, 0) is 23.8 Å². The minimum absolute atomic E-state index is 0.0746. The van der Waals surface area contributed by atoms with Crippen LogP contribution in [0, 0.1) is 0 Å². The van der Waals surface area contributed by atoms with Crippen LogP contribution in [0.3, 0.4) is 0 Å². The van der Waals surface area contributed by atoms with Gasteiger partial charge in [-0.15, -0.1) is 0 Å². The van der Waals surface area contributed by atoms with Gasteiger partial charge in [-0.05, 0) is 77.0 Å². The van der Waals surface area contributed by atoms with Crippen molar-refractivity contribution in [3.05, 3.63) is 48.6 Å². The first-order valence-corrected chi connectivity index (χ1v) is 24.2. The molecular weight excluding hydrogens is 693 g/mol. The summed E-state index contributed by atoms with van der Waals surface area (Å²) in [4.78, 5) is 25.3. The highest BCUT2D eigenvalue weighted by Crippen LogP contribution is 2.14. The molecule has 0 aliphatic rings. The molecule has 0 aromatic carbocycles. The van der Waals surface area contributed by atoms with Crippen LogP contribution in [0.25, 0.3) is 0 Å². The smallest absolute Gasteiger partial charge is 0.306 e. The summed E-state index contributed by atoms with van der Waals surface area (Å²) in [5.74, 6) is -0.423. The van der Waals surface area contributed by atoms with Gasteiger partial charge in [-0.3, -0.25) is 9.59 Å². The second-order valence-electron chi connectivity index (χ2n) is 16.0. The van der Waals surface area contributed by atoms with Gasteiger partial charge >= 0.3 is 11.9 Å². The number of esters is 2. The van der Waals surface area contributed by atoms with Gasteiger partial charge in [0.2, 0.25) is 0 Å². The predicted octanol–water partition coefficient (Wildman–Crippen LogP) is 16.0. The van der Waals surface area contributed by atoms with Gasteiger partial charge < -0.3 is 14.2 Å². The maximum Gasteiger partial charge on any atom is 0.306 e. The van der Waals surface area contributed by atoms with Crippen molar-refractivity contribution in [1.82, 2.24) is 0 Å². The van der Waals surface area contributed by atoms with E-state index in [0.717, 1.165) is 77.0 Å². The van der Waals surface area contributed by atoms with Crippen molar-refractivity contribution < 1.29 is 23.8 Å². The third-order valence-corrected chi connectivity index (χ3v) is 10.3. The van der Waals surface area contributed by atoms with Crippen molar-refractivity contribution in [3.63, 3.8) is 0 Å². The zero-order valence-electron chi connectivity index (χ0n) is 37.4. The molecule has 0 saturated heterocycles. The Hall–Kier alpha value is -2.14. The number of carbonyl (C=O) groups is 2. The predicted molar refractivity (Wildman–Crippen MR) is 242 cm³/mol. The lowest BCUT2D eigenvalue weighted by atomic mass is 10.1. The van der Waals surface area contributed by atoms with Gasteiger partial charge in [0.05, 0.1) is 6.61 Å². The largest absolute Gasteiger partial charge is 0.462 e. The average Bonchev–Trinajstić information content (AvgIpc) is 3.20. The van der Waals surface area contributed by atoms with E-state index in [2.05, 4.69) is 69.4 Å². The first-order chi connectivity index (χ1) is 27.6. The SMILES string of the molecule is CCC/C=C\C/C=C\CCCCCCCC(=O)OC(COCCCCCCCCCCCCCC)COC(=O)CCCCCCC/C=C\C/C=C\CCCCC. The quantitative estimate of drug-likeness (QED) is 0.0350. The van der Waals surface area contributed by atoms with Gasteiger partial charge in [0.1, 0.15) is 6.61 Å². The van der Waals surface area contributed by atoms with Crippen LogP contribution in [0.2, 0.25) is 0 Å². The lowest BCUT2D eigenvalue weighted by Crippen LogP contribution is -2.30. The Morgan fingerprint density at radius 3 is 1.29 bits per heavy atom. The fourth-order valence-electron chi connectivity index (χ4n) is 6.69. The highest BCUT2D eigenvalue weighted by molar-refractivity contribution is 5.70. The maximum absolute atomic E-state index is 12.7. The Labute approximate surface area is 348 Å². The summed E-state index contributed by atoms with van der Waals surface area (Å²) in [6.07, 6.45) is 56.7. The molecule has 1 atom stereocenters. The minimum Gasteiger partial charge on any atom is -0.462 e. The van der Waals surface area contributed by atoms with E-state index < -0.39 is 6.10 Å². The van der Waals surface area contributed by atoms with Crippen LogP contribution >= 0.6 is 0 Å². The molecule has 0 rings (SSSR count). The molecule has 5 heteroatoms. The first kappa shape index (κ1) is 53.9. The first-order valence-electron chi connectivity index (χ1n) is 24.2. The second kappa shape index (κ2) is 47.2. The number of rotatable bonds is 44. The Balaban J connectivity index is 4.28.